The fourth-order valence-corrected chi connectivity index (χ4v) is 3.45. The first-order chi connectivity index (χ1) is 8.62. The molecule has 18 heavy (non-hydrogen) atoms. The number of nitrogens with one attached hydrogen (secondary N) is 1. The van der Waals surface area contributed by atoms with E-state index in [9.17, 15) is 5.11 Å². The van der Waals surface area contributed by atoms with Gasteiger partial charge in [-0.25, -0.2) is 0 Å². The molecule has 3 aliphatic rings. The largest absolute Gasteiger partial charge is 0.386 e. The lowest BCUT2D eigenvalue weighted by Gasteiger charge is -2.47. The second-order valence-electron chi connectivity index (χ2n) is 6.32. The molecule has 0 amide bonds. The van der Waals surface area contributed by atoms with Gasteiger partial charge in [0, 0.05) is 32.2 Å². The molecule has 4 heteroatoms. The molecule has 4 nitrogen and oxygen atoms in total. The van der Waals surface area contributed by atoms with Crippen LogP contribution in [0.25, 0.3) is 0 Å². The molecule has 1 aliphatic carbocycles. The number of hydrogen-bond acceptors (Lipinski definition) is 4. The van der Waals surface area contributed by atoms with Gasteiger partial charge in [0.05, 0.1) is 11.7 Å². The quantitative estimate of drug-likeness (QED) is 0.796. The lowest BCUT2D eigenvalue weighted by molar-refractivity contribution is -0.137. The monoisotopic (exact) mass is 255 g/mol. The molecule has 0 bridgehead atoms. The van der Waals surface area contributed by atoms with E-state index < -0.39 is 5.60 Å². The lowest BCUT2D eigenvalue weighted by Crippen LogP contribution is -2.54. The van der Waals surface area contributed by atoms with Gasteiger partial charge in [-0.15, -0.1) is 0 Å². The summed E-state index contributed by atoms with van der Waals surface area (Å²) in [5.41, 5.74) is -0.499. The molecular formula is C14H25NO3. The van der Waals surface area contributed by atoms with Gasteiger partial charge in [0.1, 0.15) is 5.60 Å². The number of ether oxygens (including phenoxy) is 2. The molecule has 0 aromatic rings. The van der Waals surface area contributed by atoms with Gasteiger partial charge in [0.25, 0.3) is 0 Å². The maximum Gasteiger partial charge on any atom is 0.105 e. The molecule has 1 spiro atoms. The fraction of sp³-hybridized carbons (Fsp3) is 1.00. The van der Waals surface area contributed by atoms with Crippen molar-refractivity contribution < 1.29 is 14.6 Å². The van der Waals surface area contributed by atoms with Gasteiger partial charge < -0.3 is 19.9 Å². The molecule has 3 atom stereocenters. The molecule has 0 radical (unpaired) electrons. The van der Waals surface area contributed by atoms with E-state index in [4.69, 9.17) is 9.47 Å². The van der Waals surface area contributed by atoms with Crippen molar-refractivity contribution in [1.29, 1.82) is 0 Å². The first-order valence-corrected chi connectivity index (χ1v) is 7.33. The minimum absolute atomic E-state index is 0.0532. The summed E-state index contributed by atoms with van der Waals surface area (Å²) in [4.78, 5) is 0. The van der Waals surface area contributed by atoms with Crippen LogP contribution in [0.5, 0.6) is 0 Å². The van der Waals surface area contributed by atoms with Crippen molar-refractivity contribution in [3.8, 4) is 0 Å². The summed E-state index contributed by atoms with van der Waals surface area (Å²) in [6.45, 7) is 4.15. The second kappa shape index (κ2) is 4.75. The molecule has 104 valence electrons. The van der Waals surface area contributed by atoms with E-state index in [1.165, 1.54) is 19.3 Å². The van der Waals surface area contributed by atoms with Gasteiger partial charge in [0.2, 0.25) is 0 Å². The first-order valence-electron chi connectivity index (χ1n) is 7.33. The number of aliphatic hydroxyl groups is 1. The van der Waals surface area contributed by atoms with Gasteiger partial charge in [0.15, 0.2) is 0 Å². The van der Waals surface area contributed by atoms with Gasteiger partial charge in [-0.05, 0) is 39.0 Å². The van der Waals surface area contributed by atoms with Crippen LogP contribution in [-0.2, 0) is 9.47 Å². The molecule has 0 aromatic carbocycles. The van der Waals surface area contributed by atoms with Crippen molar-refractivity contribution >= 4 is 0 Å². The molecule has 2 N–H and O–H groups in total. The molecule has 1 saturated carbocycles. The predicted molar refractivity (Wildman–Crippen MR) is 68.5 cm³/mol. The summed E-state index contributed by atoms with van der Waals surface area (Å²) in [7, 11) is 0. The van der Waals surface area contributed by atoms with Crippen LogP contribution in [0.4, 0.5) is 0 Å². The van der Waals surface area contributed by atoms with Crippen molar-refractivity contribution in [2.45, 2.75) is 68.8 Å². The fourth-order valence-electron chi connectivity index (χ4n) is 3.45. The van der Waals surface area contributed by atoms with Crippen LogP contribution in [0, 0.1) is 0 Å². The third-order valence-electron chi connectivity index (χ3n) is 5.11. The van der Waals surface area contributed by atoms with Crippen molar-refractivity contribution in [2.75, 3.05) is 19.8 Å². The summed E-state index contributed by atoms with van der Waals surface area (Å²) in [6, 6.07) is 0.496. The van der Waals surface area contributed by atoms with Gasteiger partial charge >= 0.3 is 0 Å². The molecule has 2 heterocycles. The Kier molecular flexibility index (Phi) is 3.39. The first kappa shape index (κ1) is 12.9. The smallest absolute Gasteiger partial charge is 0.105 e. The highest BCUT2D eigenvalue weighted by Crippen LogP contribution is 2.42. The summed E-state index contributed by atoms with van der Waals surface area (Å²) < 4.78 is 11.4. The Balaban J connectivity index is 1.50. The highest BCUT2D eigenvalue weighted by atomic mass is 16.5. The van der Waals surface area contributed by atoms with Gasteiger partial charge in [-0.1, -0.05) is 0 Å². The topological polar surface area (TPSA) is 50.7 Å². The van der Waals surface area contributed by atoms with E-state index in [1.807, 2.05) is 6.92 Å². The Morgan fingerprint density at radius 2 is 2.11 bits per heavy atom. The second-order valence-corrected chi connectivity index (χ2v) is 6.32. The maximum atomic E-state index is 10.5. The van der Waals surface area contributed by atoms with Crippen LogP contribution in [0.1, 0.15) is 45.4 Å². The van der Waals surface area contributed by atoms with Gasteiger partial charge in [-0.2, -0.15) is 0 Å². The number of rotatable bonds is 3. The van der Waals surface area contributed by atoms with Crippen LogP contribution in [0.2, 0.25) is 0 Å². The van der Waals surface area contributed by atoms with E-state index in [2.05, 4.69) is 5.32 Å². The normalized spacial score (nSPS) is 43.0. The summed E-state index contributed by atoms with van der Waals surface area (Å²) in [6.07, 6.45) is 6.61. The van der Waals surface area contributed by atoms with Crippen LogP contribution in [-0.4, -0.2) is 48.2 Å². The molecule has 0 aromatic heterocycles. The SMILES string of the molecule is CC1OCCC1(O)CNC1CCOC2(CCC2)C1. The van der Waals surface area contributed by atoms with E-state index in [0.717, 1.165) is 25.9 Å². The van der Waals surface area contributed by atoms with Crippen molar-refractivity contribution in [3.63, 3.8) is 0 Å². The zero-order valence-corrected chi connectivity index (χ0v) is 11.3. The zero-order valence-electron chi connectivity index (χ0n) is 11.3. The van der Waals surface area contributed by atoms with Crippen LogP contribution in [0.3, 0.4) is 0 Å². The van der Waals surface area contributed by atoms with Crippen molar-refractivity contribution in [3.05, 3.63) is 0 Å². The molecule has 3 fully saturated rings. The summed E-state index contributed by atoms with van der Waals surface area (Å²) in [5, 5.41) is 14.0. The number of hydrogen-bond donors (Lipinski definition) is 2. The van der Waals surface area contributed by atoms with E-state index in [1.54, 1.807) is 0 Å². The van der Waals surface area contributed by atoms with E-state index in [0.29, 0.717) is 19.2 Å². The standard InChI is InChI=1S/C14H25NO3/c1-11-14(16,6-8-17-11)10-15-12-3-7-18-13(9-12)4-2-5-13/h11-12,15-16H,2-10H2,1H3. The average molecular weight is 255 g/mol. The highest BCUT2D eigenvalue weighted by molar-refractivity contribution is 4.98. The Morgan fingerprint density at radius 3 is 2.72 bits per heavy atom. The minimum atomic E-state index is -0.676. The minimum Gasteiger partial charge on any atom is -0.386 e. The predicted octanol–water partition coefficient (Wildman–Crippen LogP) is 1.22. The Labute approximate surface area is 109 Å². The van der Waals surface area contributed by atoms with Crippen LogP contribution < -0.4 is 5.32 Å². The summed E-state index contributed by atoms with van der Waals surface area (Å²) in [5.74, 6) is 0. The van der Waals surface area contributed by atoms with E-state index in [-0.39, 0.29) is 11.7 Å². The Bertz CT molecular complexity index is 305. The van der Waals surface area contributed by atoms with E-state index >= 15 is 0 Å². The molecular weight excluding hydrogens is 230 g/mol. The van der Waals surface area contributed by atoms with Crippen LogP contribution in [0.15, 0.2) is 0 Å². The molecule has 3 rings (SSSR count). The third-order valence-corrected chi connectivity index (χ3v) is 5.11. The Hall–Kier alpha value is -0.160. The summed E-state index contributed by atoms with van der Waals surface area (Å²) >= 11 is 0. The molecule has 3 unspecified atom stereocenters. The maximum absolute atomic E-state index is 10.5. The average Bonchev–Trinajstić information content (AvgIpc) is 2.66. The van der Waals surface area contributed by atoms with Crippen molar-refractivity contribution in [2.24, 2.45) is 0 Å². The molecule has 2 saturated heterocycles. The van der Waals surface area contributed by atoms with Gasteiger partial charge in [-0.3, -0.25) is 0 Å². The zero-order chi connectivity index (χ0) is 12.6. The lowest BCUT2D eigenvalue weighted by atomic mass is 9.74. The van der Waals surface area contributed by atoms with Crippen LogP contribution >= 0.6 is 0 Å². The Morgan fingerprint density at radius 1 is 1.28 bits per heavy atom. The van der Waals surface area contributed by atoms with Crippen molar-refractivity contribution in [1.82, 2.24) is 5.32 Å². The molecule has 2 aliphatic heterocycles. The highest BCUT2D eigenvalue weighted by Gasteiger charge is 2.44. The third kappa shape index (κ3) is 2.31.